The summed E-state index contributed by atoms with van der Waals surface area (Å²) >= 11 is 1.55. The second-order valence-electron chi connectivity index (χ2n) is 4.53. The second kappa shape index (κ2) is 6.87. The molecule has 0 spiro atoms. The lowest BCUT2D eigenvalue weighted by Gasteiger charge is -2.05. The van der Waals surface area contributed by atoms with Crippen LogP contribution >= 0.6 is 11.3 Å². The maximum absolute atomic E-state index is 5.19. The quantitative estimate of drug-likeness (QED) is 0.400. The van der Waals surface area contributed by atoms with Gasteiger partial charge in [0.1, 0.15) is 5.76 Å². The van der Waals surface area contributed by atoms with Crippen molar-refractivity contribution in [2.45, 2.75) is 6.54 Å². The first kappa shape index (κ1) is 14.3. The van der Waals surface area contributed by atoms with Crippen molar-refractivity contribution in [3.05, 3.63) is 77.3 Å². The summed E-state index contributed by atoms with van der Waals surface area (Å²) in [7, 11) is 0. The number of benzene rings is 1. The van der Waals surface area contributed by atoms with Gasteiger partial charge in [0.25, 0.3) is 0 Å². The number of furan rings is 1. The van der Waals surface area contributed by atoms with E-state index in [4.69, 9.17) is 4.42 Å². The first-order chi connectivity index (χ1) is 10.9. The third kappa shape index (κ3) is 3.15. The van der Waals surface area contributed by atoms with E-state index in [0.717, 1.165) is 16.1 Å². The summed E-state index contributed by atoms with van der Waals surface area (Å²) in [6.45, 7) is 4.50. The Bertz CT molecular complexity index is 826. The van der Waals surface area contributed by atoms with Crippen molar-refractivity contribution < 1.29 is 4.42 Å². The molecule has 0 bridgehead atoms. The summed E-state index contributed by atoms with van der Waals surface area (Å²) in [6.07, 6.45) is 5.06. The van der Waals surface area contributed by atoms with Gasteiger partial charge in [0.05, 0.1) is 18.2 Å². The largest absolute Gasteiger partial charge is 0.463 e. The Morgan fingerprint density at radius 1 is 1.18 bits per heavy atom. The van der Waals surface area contributed by atoms with Gasteiger partial charge in [-0.05, 0) is 17.7 Å². The van der Waals surface area contributed by atoms with Crippen LogP contribution in [-0.4, -0.2) is 10.8 Å². The van der Waals surface area contributed by atoms with E-state index < -0.39 is 0 Å². The summed E-state index contributed by atoms with van der Waals surface area (Å²) in [6, 6.07) is 13.9. The first-order valence-electron chi connectivity index (χ1n) is 6.83. The highest BCUT2D eigenvalue weighted by Gasteiger charge is 2.06. The fourth-order valence-electron chi connectivity index (χ4n) is 2.05. The highest BCUT2D eigenvalue weighted by Crippen LogP contribution is 2.19. The van der Waals surface area contributed by atoms with Gasteiger partial charge in [-0.25, -0.2) is 0 Å². The minimum Gasteiger partial charge on any atom is -0.463 e. The van der Waals surface area contributed by atoms with Crippen LogP contribution in [0.3, 0.4) is 0 Å². The molecule has 0 amide bonds. The minimum absolute atomic E-state index is 0.679. The van der Waals surface area contributed by atoms with E-state index in [1.165, 1.54) is 0 Å². The Morgan fingerprint density at radius 2 is 2.05 bits per heavy atom. The summed E-state index contributed by atoms with van der Waals surface area (Å²) in [5, 5.41) is 10.5. The Labute approximate surface area is 132 Å². The molecule has 0 radical (unpaired) electrons. The number of aromatic nitrogens is 1. The van der Waals surface area contributed by atoms with Crippen LogP contribution in [-0.2, 0) is 6.54 Å². The van der Waals surface area contributed by atoms with E-state index in [1.54, 1.807) is 23.8 Å². The van der Waals surface area contributed by atoms with E-state index in [-0.39, 0.29) is 0 Å². The van der Waals surface area contributed by atoms with Crippen LogP contribution in [0.4, 0.5) is 0 Å². The molecule has 3 aromatic rings. The molecular formula is C17H15N3OS. The zero-order valence-electron chi connectivity index (χ0n) is 11.9. The maximum atomic E-state index is 5.19. The molecule has 5 heteroatoms. The van der Waals surface area contributed by atoms with Crippen molar-refractivity contribution >= 4 is 17.6 Å². The number of hydrogen-bond donors (Lipinski definition) is 0. The number of allylic oxidation sites excluding steroid dienone is 1. The van der Waals surface area contributed by atoms with Gasteiger partial charge in [-0.15, -0.1) is 23.0 Å². The van der Waals surface area contributed by atoms with E-state index in [1.807, 2.05) is 36.4 Å². The molecule has 3 rings (SSSR count). The van der Waals surface area contributed by atoms with Gasteiger partial charge < -0.3 is 8.98 Å². The molecule has 22 heavy (non-hydrogen) atoms. The zero-order valence-corrected chi connectivity index (χ0v) is 12.7. The van der Waals surface area contributed by atoms with Crippen LogP contribution in [0.2, 0.25) is 0 Å². The second-order valence-corrected chi connectivity index (χ2v) is 5.37. The van der Waals surface area contributed by atoms with Gasteiger partial charge in [-0.1, -0.05) is 36.4 Å². The fourth-order valence-corrected chi connectivity index (χ4v) is 2.93. The van der Waals surface area contributed by atoms with Gasteiger partial charge in [-0.2, -0.15) is 5.10 Å². The predicted octanol–water partition coefficient (Wildman–Crippen LogP) is 3.93. The van der Waals surface area contributed by atoms with Crippen LogP contribution in [0.1, 0.15) is 5.76 Å². The average Bonchev–Trinajstić information content (AvgIpc) is 3.19. The number of hydrogen-bond acceptors (Lipinski definition) is 4. The topological polar surface area (TPSA) is 42.8 Å². The molecule has 2 aromatic heterocycles. The molecule has 0 aliphatic heterocycles. The lowest BCUT2D eigenvalue weighted by molar-refractivity contribution is 0.560. The summed E-state index contributed by atoms with van der Waals surface area (Å²) in [5.41, 5.74) is 2.26. The standard InChI is InChI=1S/C17H15N3OS/c1-2-10-20-16(14-7-4-3-5-8-14)13-22-17(20)19-18-12-15-9-6-11-21-15/h2-9,11-13H,1,10H2/b18-12-,19-17-. The Balaban J connectivity index is 1.98. The van der Waals surface area contributed by atoms with E-state index in [2.05, 4.69) is 38.9 Å². The Hall–Kier alpha value is -2.66. The minimum atomic E-state index is 0.679. The highest BCUT2D eigenvalue weighted by atomic mass is 32.1. The monoisotopic (exact) mass is 309 g/mol. The van der Waals surface area contributed by atoms with Crippen molar-refractivity contribution in [2.24, 2.45) is 10.2 Å². The molecule has 0 fully saturated rings. The normalized spacial score (nSPS) is 12.1. The zero-order chi connectivity index (χ0) is 15.2. The highest BCUT2D eigenvalue weighted by molar-refractivity contribution is 7.07. The summed E-state index contributed by atoms with van der Waals surface area (Å²) in [5.74, 6) is 0.679. The van der Waals surface area contributed by atoms with Gasteiger partial charge in [0.15, 0.2) is 0 Å². The molecule has 0 aliphatic carbocycles. The van der Waals surface area contributed by atoms with Gasteiger partial charge in [0, 0.05) is 11.9 Å². The molecule has 4 nitrogen and oxygen atoms in total. The SMILES string of the molecule is C=CCn1c(-c2ccccc2)cs/c1=N\N=C/c1ccco1. The number of thiazole rings is 1. The molecule has 1 aromatic carbocycles. The first-order valence-corrected chi connectivity index (χ1v) is 7.71. The van der Waals surface area contributed by atoms with Gasteiger partial charge in [0.2, 0.25) is 4.80 Å². The third-order valence-electron chi connectivity index (χ3n) is 3.05. The molecule has 110 valence electrons. The lowest BCUT2D eigenvalue weighted by Crippen LogP contribution is -2.14. The van der Waals surface area contributed by atoms with Gasteiger partial charge in [-0.3, -0.25) is 0 Å². The lowest BCUT2D eigenvalue weighted by atomic mass is 10.2. The van der Waals surface area contributed by atoms with Crippen LogP contribution in [0.15, 0.2) is 81.4 Å². The molecule has 0 saturated heterocycles. The Kier molecular flexibility index (Phi) is 4.46. The van der Waals surface area contributed by atoms with Crippen LogP contribution in [0.5, 0.6) is 0 Å². The smallest absolute Gasteiger partial charge is 0.211 e. The Morgan fingerprint density at radius 3 is 2.77 bits per heavy atom. The van der Waals surface area contributed by atoms with Crippen molar-refractivity contribution in [1.29, 1.82) is 0 Å². The third-order valence-corrected chi connectivity index (χ3v) is 3.90. The van der Waals surface area contributed by atoms with Crippen LogP contribution in [0.25, 0.3) is 11.3 Å². The fraction of sp³-hybridized carbons (Fsp3) is 0.0588. The van der Waals surface area contributed by atoms with Gasteiger partial charge >= 0.3 is 0 Å². The van der Waals surface area contributed by atoms with E-state index in [0.29, 0.717) is 12.3 Å². The molecular weight excluding hydrogens is 294 g/mol. The van der Waals surface area contributed by atoms with E-state index >= 15 is 0 Å². The van der Waals surface area contributed by atoms with Crippen molar-refractivity contribution in [3.8, 4) is 11.3 Å². The van der Waals surface area contributed by atoms with Crippen molar-refractivity contribution in [1.82, 2.24) is 4.57 Å². The van der Waals surface area contributed by atoms with Crippen molar-refractivity contribution in [3.63, 3.8) is 0 Å². The molecule has 2 heterocycles. The van der Waals surface area contributed by atoms with E-state index in [9.17, 15) is 0 Å². The van der Waals surface area contributed by atoms with Crippen molar-refractivity contribution in [2.75, 3.05) is 0 Å². The van der Waals surface area contributed by atoms with Crippen LogP contribution < -0.4 is 4.80 Å². The molecule has 0 N–H and O–H groups in total. The molecule has 0 aliphatic rings. The average molecular weight is 309 g/mol. The number of rotatable bonds is 5. The summed E-state index contributed by atoms with van der Waals surface area (Å²) < 4.78 is 7.28. The predicted molar refractivity (Wildman–Crippen MR) is 89.8 cm³/mol. The van der Waals surface area contributed by atoms with Crippen LogP contribution in [0, 0.1) is 0 Å². The molecule has 0 atom stereocenters. The molecule has 0 unspecified atom stereocenters. The maximum Gasteiger partial charge on any atom is 0.211 e. The summed E-state index contributed by atoms with van der Waals surface area (Å²) in [4.78, 5) is 0.821. The number of nitrogens with zero attached hydrogens (tertiary/aromatic N) is 3. The molecule has 0 saturated carbocycles.